The van der Waals surface area contributed by atoms with Gasteiger partial charge in [-0.15, -0.1) is 0 Å². The molecule has 0 aliphatic rings. The first-order chi connectivity index (χ1) is 7.18. The molecule has 0 aliphatic heterocycles. The van der Waals surface area contributed by atoms with Gasteiger partial charge in [0.15, 0.2) is 0 Å². The van der Waals surface area contributed by atoms with Gasteiger partial charge in [-0.05, 0) is 38.1 Å². The van der Waals surface area contributed by atoms with E-state index in [0.29, 0.717) is 6.04 Å². The average Bonchev–Trinajstić information content (AvgIpc) is 2.22. The van der Waals surface area contributed by atoms with E-state index >= 15 is 0 Å². The van der Waals surface area contributed by atoms with E-state index in [0.717, 1.165) is 21.6 Å². The van der Waals surface area contributed by atoms with Crippen molar-refractivity contribution in [2.45, 2.75) is 19.9 Å². The second-order valence-corrected chi connectivity index (χ2v) is 4.20. The maximum atomic E-state index is 6.10. The van der Waals surface area contributed by atoms with Crippen molar-refractivity contribution >= 4 is 28.2 Å². The van der Waals surface area contributed by atoms with Gasteiger partial charge in [0.1, 0.15) is 0 Å². The van der Waals surface area contributed by atoms with Crippen LogP contribution in [0, 0.1) is 0 Å². The number of rotatable bonds is 2. The summed E-state index contributed by atoms with van der Waals surface area (Å²) in [6, 6.07) is 8.13. The van der Waals surface area contributed by atoms with E-state index in [1.165, 1.54) is 0 Å². The molecule has 1 aromatic carbocycles. The Morgan fingerprint density at radius 3 is 2.80 bits per heavy atom. The van der Waals surface area contributed by atoms with Crippen LogP contribution in [0.4, 0.5) is 5.69 Å². The third-order valence-corrected chi connectivity index (χ3v) is 2.49. The van der Waals surface area contributed by atoms with E-state index < -0.39 is 0 Å². The topological polar surface area (TPSA) is 24.9 Å². The summed E-state index contributed by atoms with van der Waals surface area (Å²) < 4.78 is 0. The predicted octanol–water partition coefficient (Wildman–Crippen LogP) is 3.71. The highest BCUT2D eigenvalue weighted by molar-refractivity contribution is 6.35. The lowest BCUT2D eigenvalue weighted by Gasteiger charge is -2.12. The molecule has 2 rings (SSSR count). The maximum absolute atomic E-state index is 6.10. The smallest absolute Gasteiger partial charge is 0.0948 e. The summed E-state index contributed by atoms with van der Waals surface area (Å²) in [6.07, 6.45) is 1.78. The molecule has 0 saturated carbocycles. The number of aromatic nitrogens is 1. The second kappa shape index (κ2) is 4.07. The molecule has 78 valence electrons. The van der Waals surface area contributed by atoms with Crippen LogP contribution in [0.15, 0.2) is 30.5 Å². The number of hydrogen-bond acceptors (Lipinski definition) is 2. The molecule has 0 unspecified atom stereocenters. The van der Waals surface area contributed by atoms with Gasteiger partial charge in [-0.1, -0.05) is 11.6 Å². The summed E-state index contributed by atoms with van der Waals surface area (Å²) in [6.45, 7) is 4.20. The van der Waals surface area contributed by atoms with E-state index in [1.807, 2.05) is 24.3 Å². The molecule has 0 saturated heterocycles. The number of nitrogens with one attached hydrogen (secondary N) is 1. The minimum Gasteiger partial charge on any atom is -0.381 e. The molecule has 0 spiro atoms. The van der Waals surface area contributed by atoms with Crippen LogP contribution < -0.4 is 5.32 Å². The summed E-state index contributed by atoms with van der Waals surface area (Å²) in [5.74, 6) is 0. The quantitative estimate of drug-likeness (QED) is 0.835. The molecule has 0 radical (unpaired) electrons. The lowest BCUT2D eigenvalue weighted by atomic mass is 10.2. The van der Waals surface area contributed by atoms with Gasteiger partial charge in [0, 0.05) is 17.6 Å². The van der Waals surface area contributed by atoms with Crippen molar-refractivity contribution in [3.63, 3.8) is 0 Å². The van der Waals surface area contributed by atoms with Crippen LogP contribution in [0.1, 0.15) is 13.8 Å². The Labute approximate surface area is 94.3 Å². The normalized spacial score (nSPS) is 10.9. The second-order valence-electron chi connectivity index (χ2n) is 3.79. The number of fused-ring (bicyclic) bond motifs is 1. The van der Waals surface area contributed by atoms with Crippen molar-refractivity contribution in [3.8, 4) is 0 Å². The summed E-state index contributed by atoms with van der Waals surface area (Å²) in [4.78, 5) is 4.35. The van der Waals surface area contributed by atoms with E-state index in [4.69, 9.17) is 11.6 Å². The molecule has 1 aromatic heterocycles. The highest BCUT2D eigenvalue weighted by Gasteiger charge is 2.05. The Hall–Kier alpha value is -1.28. The summed E-state index contributed by atoms with van der Waals surface area (Å²) in [5.41, 5.74) is 1.96. The molecule has 3 heteroatoms. The van der Waals surface area contributed by atoms with Gasteiger partial charge in [0.25, 0.3) is 0 Å². The monoisotopic (exact) mass is 220 g/mol. The minimum atomic E-state index is 0.386. The molecule has 2 aromatic rings. The van der Waals surface area contributed by atoms with E-state index in [9.17, 15) is 0 Å². The van der Waals surface area contributed by atoms with Gasteiger partial charge < -0.3 is 5.32 Å². The van der Waals surface area contributed by atoms with Crippen LogP contribution in [-0.4, -0.2) is 11.0 Å². The Balaban J connectivity index is 2.61. The lowest BCUT2D eigenvalue weighted by molar-refractivity contribution is 0.901. The summed E-state index contributed by atoms with van der Waals surface area (Å²) in [5, 5.41) is 5.09. The van der Waals surface area contributed by atoms with Gasteiger partial charge in [-0.3, -0.25) is 4.98 Å². The SMILES string of the molecule is CC(C)Nc1ccc(Cl)c2cccnc12. The van der Waals surface area contributed by atoms with Crippen molar-refractivity contribution in [3.05, 3.63) is 35.5 Å². The molecule has 15 heavy (non-hydrogen) atoms. The Bertz CT molecular complexity index is 480. The third-order valence-electron chi connectivity index (χ3n) is 2.16. The zero-order valence-corrected chi connectivity index (χ0v) is 9.55. The van der Waals surface area contributed by atoms with Crippen LogP contribution in [0.25, 0.3) is 10.9 Å². The van der Waals surface area contributed by atoms with Crippen molar-refractivity contribution in [1.29, 1.82) is 0 Å². The molecule has 0 bridgehead atoms. The molecular formula is C12H13ClN2. The van der Waals surface area contributed by atoms with Gasteiger partial charge in [-0.25, -0.2) is 0 Å². The zero-order valence-electron chi connectivity index (χ0n) is 8.79. The average molecular weight is 221 g/mol. The van der Waals surface area contributed by atoms with Crippen molar-refractivity contribution in [1.82, 2.24) is 4.98 Å². The fourth-order valence-corrected chi connectivity index (χ4v) is 1.78. The summed E-state index contributed by atoms with van der Waals surface area (Å²) in [7, 11) is 0. The number of halogens is 1. The number of nitrogens with zero attached hydrogens (tertiary/aromatic N) is 1. The molecule has 1 N–H and O–H groups in total. The molecule has 0 aliphatic carbocycles. The van der Waals surface area contributed by atoms with Crippen LogP contribution in [-0.2, 0) is 0 Å². The molecule has 0 amide bonds. The van der Waals surface area contributed by atoms with Gasteiger partial charge in [0.2, 0.25) is 0 Å². The number of benzene rings is 1. The number of pyridine rings is 1. The van der Waals surface area contributed by atoms with Crippen molar-refractivity contribution in [2.24, 2.45) is 0 Å². The Morgan fingerprint density at radius 1 is 1.27 bits per heavy atom. The first-order valence-electron chi connectivity index (χ1n) is 4.98. The Morgan fingerprint density at radius 2 is 2.07 bits per heavy atom. The first-order valence-corrected chi connectivity index (χ1v) is 5.36. The van der Waals surface area contributed by atoms with Gasteiger partial charge >= 0.3 is 0 Å². The van der Waals surface area contributed by atoms with Crippen LogP contribution in [0.2, 0.25) is 5.02 Å². The minimum absolute atomic E-state index is 0.386. The molecule has 2 nitrogen and oxygen atoms in total. The van der Waals surface area contributed by atoms with E-state index in [2.05, 4.69) is 24.1 Å². The fraction of sp³-hybridized carbons (Fsp3) is 0.250. The van der Waals surface area contributed by atoms with Crippen molar-refractivity contribution < 1.29 is 0 Å². The lowest BCUT2D eigenvalue weighted by Crippen LogP contribution is -2.10. The van der Waals surface area contributed by atoms with Gasteiger partial charge in [0.05, 0.1) is 16.2 Å². The largest absolute Gasteiger partial charge is 0.381 e. The standard InChI is InChI=1S/C12H13ClN2/c1-8(2)15-11-6-5-10(13)9-4-3-7-14-12(9)11/h3-8,15H,1-2H3. The molecule has 1 heterocycles. The Kier molecular flexibility index (Phi) is 2.78. The first kappa shape index (κ1) is 10.2. The van der Waals surface area contributed by atoms with Crippen molar-refractivity contribution in [2.75, 3.05) is 5.32 Å². The zero-order chi connectivity index (χ0) is 10.8. The predicted molar refractivity (Wildman–Crippen MR) is 65.5 cm³/mol. The molecule has 0 atom stereocenters. The highest BCUT2D eigenvalue weighted by Crippen LogP contribution is 2.28. The van der Waals surface area contributed by atoms with E-state index in [-0.39, 0.29) is 0 Å². The fourth-order valence-electron chi connectivity index (χ4n) is 1.57. The molecular weight excluding hydrogens is 208 g/mol. The van der Waals surface area contributed by atoms with E-state index in [1.54, 1.807) is 6.20 Å². The summed E-state index contributed by atoms with van der Waals surface area (Å²) >= 11 is 6.10. The third kappa shape index (κ3) is 2.05. The van der Waals surface area contributed by atoms with Crippen LogP contribution >= 0.6 is 11.6 Å². The van der Waals surface area contributed by atoms with Crippen LogP contribution in [0.3, 0.4) is 0 Å². The molecule has 0 fully saturated rings. The maximum Gasteiger partial charge on any atom is 0.0948 e. The number of anilines is 1. The van der Waals surface area contributed by atoms with Crippen LogP contribution in [0.5, 0.6) is 0 Å². The van der Waals surface area contributed by atoms with Gasteiger partial charge in [-0.2, -0.15) is 0 Å². The number of hydrogen-bond donors (Lipinski definition) is 1. The highest BCUT2D eigenvalue weighted by atomic mass is 35.5.